The average molecular weight is 455 g/mol. The first-order valence-electron chi connectivity index (χ1n) is 8.68. The Bertz CT molecular complexity index is 886. The summed E-state index contributed by atoms with van der Waals surface area (Å²) >= 11 is 3.38. The van der Waals surface area contributed by atoms with E-state index in [2.05, 4.69) is 21.2 Å². The molecular formula is C20H18BrF3N2O2. The first-order valence-corrected chi connectivity index (χ1v) is 9.48. The fourth-order valence-corrected chi connectivity index (χ4v) is 3.59. The van der Waals surface area contributed by atoms with Crippen LogP contribution in [0, 0.1) is 5.92 Å². The van der Waals surface area contributed by atoms with Gasteiger partial charge >= 0.3 is 6.18 Å². The molecule has 0 aliphatic carbocycles. The van der Waals surface area contributed by atoms with Crippen LogP contribution in [0.4, 0.5) is 13.2 Å². The molecule has 0 radical (unpaired) electrons. The van der Waals surface area contributed by atoms with Crippen LogP contribution in [-0.4, -0.2) is 23.3 Å². The second-order valence-corrected chi connectivity index (χ2v) is 7.64. The van der Waals surface area contributed by atoms with Crippen LogP contribution in [-0.2, 0) is 28.9 Å². The van der Waals surface area contributed by atoms with Crippen molar-refractivity contribution in [1.82, 2.24) is 10.2 Å². The van der Waals surface area contributed by atoms with Gasteiger partial charge in [-0.15, -0.1) is 0 Å². The van der Waals surface area contributed by atoms with E-state index in [1.54, 1.807) is 4.90 Å². The third-order valence-electron chi connectivity index (χ3n) is 4.57. The fourth-order valence-electron chi connectivity index (χ4n) is 3.15. The summed E-state index contributed by atoms with van der Waals surface area (Å²) in [4.78, 5) is 26.2. The third-order valence-corrected chi connectivity index (χ3v) is 5.06. The highest BCUT2D eigenvalue weighted by atomic mass is 79.9. The molecule has 4 nitrogen and oxygen atoms in total. The second kappa shape index (κ2) is 8.34. The van der Waals surface area contributed by atoms with Crippen molar-refractivity contribution in [3.63, 3.8) is 0 Å². The number of likely N-dealkylation sites (tertiary alicyclic amines) is 1. The summed E-state index contributed by atoms with van der Waals surface area (Å²) in [5, 5.41) is 2.64. The minimum atomic E-state index is -4.43. The molecule has 0 spiro atoms. The molecule has 1 fully saturated rings. The molecule has 1 N–H and O–H groups in total. The largest absolute Gasteiger partial charge is 0.416 e. The van der Waals surface area contributed by atoms with Crippen molar-refractivity contribution < 1.29 is 22.8 Å². The molecule has 1 heterocycles. The predicted molar refractivity (Wildman–Crippen MR) is 101 cm³/mol. The molecule has 0 bridgehead atoms. The summed E-state index contributed by atoms with van der Waals surface area (Å²) in [6, 6.07) is 12.4. The summed E-state index contributed by atoms with van der Waals surface area (Å²) in [5.74, 6) is -0.952. The van der Waals surface area contributed by atoms with E-state index in [9.17, 15) is 22.8 Å². The van der Waals surface area contributed by atoms with Crippen molar-refractivity contribution in [1.29, 1.82) is 0 Å². The standard InChI is InChI=1S/C20H18BrF3N2O2/c21-17-6-2-4-14(8-17)11-26-12-15(9-18(26)27)19(28)25-10-13-3-1-5-16(7-13)20(22,23)24/h1-8,15H,9-12H2,(H,25,28)/t15-/m1/s1. The van der Waals surface area contributed by atoms with Gasteiger partial charge in [-0.1, -0.05) is 40.2 Å². The number of rotatable bonds is 5. The number of alkyl halides is 3. The van der Waals surface area contributed by atoms with Gasteiger partial charge in [0.15, 0.2) is 0 Å². The Kier molecular flexibility index (Phi) is 6.07. The van der Waals surface area contributed by atoms with E-state index in [1.165, 1.54) is 12.1 Å². The van der Waals surface area contributed by atoms with Crippen LogP contribution >= 0.6 is 15.9 Å². The number of benzene rings is 2. The Morgan fingerprint density at radius 3 is 2.57 bits per heavy atom. The van der Waals surface area contributed by atoms with Crippen LogP contribution in [0.5, 0.6) is 0 Å². The number of carbonyl (C=O) groups is 2. The molecular weight excluding hydrogens is 437 g/mol. The Labute approximate surface area is 168 Å². The lowest BCUT2D eigenvalue weighted by molar-refractivity contribution is -0.137. The molecule has 28 heavy (non-hydrogen) atoms. The van der Waals surface area contributed by atoms with E-state index >= 15 is 0 Å². The first kappa shape index (κ1) is 20.4. The Morgan fingerprint density at radius 1 is 1.14 bits per heavy atom. The van der Waals surface area contributed by atoms with Gasteiger partial charge in [0.05, 0.1) is 11.5 Å². The quantitative estimate of drug-likeness (QED) is 0.738. The second-order valence-electron chi connectivity index (χ2n) is 6.72. The maximum Gasteiger partial charge on any atom is 0.416 e. The summed E-state index contributed by atoms with van der Waals surface area (Å²) in [6.45, 7) is 0.689. The molecule has 1 aliphatic rings. The Morgan fingerprint density at radius 2 is 1.86 bits per heavy atom. The normalized spacial score (nSPS) is 17.1. The number of amides is 2. The van der Waals surface area contributed by atoms with E-state index in [0.29, 0.717) is 18.7 Å². The highest BCUT2D eigenvalue weighted by Gasteiger charge is 2.34. The third kappa shape index (κ3) is 5.13. The Hall–Kier alpha value is -2.35. The van der Waals surface area contributed by atoms with E-state index in [0.717, 1.165) is 22.2 Å². The van der Waals surface area contributed by atoms with Crippen LogP contribution in [0.1, 0.15) is 23.1 Å². The lowest BCUT2D eigenvalue weighted by atomic mass is 10.1. The zero-order valence-electron chi connectivity index (χ0n) is 14.8. The SMILES string of the molecule is O=C(NCc1cccc(C(F)(F)F)c1)[C@@H]1CC(=O)N(Cc2cccc(Br)c2)C1. The van der Waals surface area contributed by atoms with Crippen molar-refractivity contribution in [2.24, 2.45) is 5.92 Å². The van der Waals surface area contributed by atoms with Crippen LogP contribution in [0.15, 0.2) is 53.0 Å². The lowest BCUT2D eigenvalue weighted by Gasteiger charge is -2.17. The molecule has 1 atom stereocenters. The van der Waals surface area contributed by atoms with Gasteiger partial charge in [-0.3, -0.25) is 9.59 Å². The molecule has 148 valence electrons. The van der Waals surface area contributed by atoms with Crippen LogP contribution in [0.25, 0.3) is 0 Å². The maximum atomic E-state index is 12.8. The molecule has 2 aromatic rings. The molecule has 3 rings (SSSR count). The van der Waals surface area contributed by atoms with Gasteiger partial charge in [0.1, 0.15) is 0 Å². The van der Waals surface area contributed by atoms with Gasteiger partial charge in [0.2, 0.25) is 11.8 Å². The number of hydrogen-bond donors (Lipinski definition) is 1. The minimum Gasteiger partial charge on any atom is -0.352 e. The number of hydrogen-bond acceptors (Lipinski definition) is 2. The number of halogens is 4. The summed E-state index contributed by atoms with van der Waals surface area (Å²) in [7, 11) is 0. The minimum absolute atomic E-state index is 0.0148. The molecule has 1 saturated heterocycles. The number of nitrogens with zero attached hydrogens (tertiary/aromatic N) is 1. The van der Waals surface area contributed by atoms with E-state index < -0.39 is 17.7 Å². The van der Waals surface area contributed by atoms with E-state index in [-0.39, 0.29) is 24.8 Å². The van der Waals surface area contributed by atoms with Crippen molar-refractivity contribution in [2.45, 2.75) is 25.7 Å². The van der Waals surface area contributed by atoms with Crippen LogP contribution < -0.4 is 5.32 Å². The predicted octanol–water partition coefficient (Wildman–Crippen LogP) is 4.13. The summed E-state index contributed by atoms with van der Waals surface area (Å²) < 4.78 is 39.2. The van der Waals surface area contributed by atoms with Crippen molar-refractivity contribution in [3.8, 4) is 0 Å². The molecule has 0 saturated carbocycles. The van der Waals surface area contributed by atoms with Crippen molar-refractivity contribution in [2.75, 3.05) is 6.54 Å². The molecule has 8 heteroatoms. The molecule has 0 aromatic heterocycles. The highest BCUT2D eigenvalue weighted by molar-refractivity contribution is 9.10. The van der Waals surface area contributed by atoms with Gasteiger partial charge < -0.3 is 10.2 Å². The fraction of sp³-hybridized carbons (Fsp3) is 0.300. The highest BCUT2D eigenvalue weighted by Crippen LogP contribution is 2.29. The molecule has 2 amide bonds. The molecule has 1 aliphatic heterocycles. The molecule has 2 aromatic carbocycles. The van der Waals surface area contributed by atoms with Crippen molar-refractivity contribution in [3.05, 3.63) is 69.7 Å². The van der Waals surface area contributed by atoms with Gasteiger partial charge in [-0.2, -0.15) is 13.2 Å². The lowest BCUT2D eigenvalue weighted by Crippen LogP contribution is -2.32. The van der Waals surface area contributed by atoms with Crippen molar-refractivity contribution >= 4 is 27.7 Å². The average Bonchev–Trinajstić information content (AvgIpc) is 3.00. The number of nitrogens with one attached hydrogen (secondary N) is 1. The van der Waals surface area contributed by atoms with Gasteiger partial charge in [-0.05, 0) is 35.4 Å². The van der Waals surface area contributed by atoms with Gasteiger partial charge in [0.25, 0.3) is 0 Å². The topological polar surface area (TPSA) is 49.4 Å². The first-order chi connectivity index (χ1) is 13.2. The van der Waals surface area contributed by atoms with Gasteiger partial charge in [0, 0.05) is 30.5 Å². The zero-order chi connectivity index (χ0) is 20.3. The number of carbonyl (C=O) groups excluding carboxylic acids is 2. The monoisotopic (exact) mass is 454 g/mol. The van der Waals surface area contributed by atoms with Crippen LogP contribution in [0.3, 0.4) is 0 Å². The van der Waals surface area contributed by atoms with E-state index in [1.807, 2.05) is 24.3 Å². The van der Waals surface area contributed by atoms with Crippen LogP contribution in [0.2, 0.25) is 0 Å². The molecule has 0 unspecified atom stereocenters. The van der Waals surface area contributed by atoms with Gasteiger partial charge in [-0.25, -0.2) is 0 Å². The summed E-state index contributed by atoms with van der Waals surface area (Å²) in [5.41, 5.74) is 0.557. The Balaban J connectivity index is 1.56. The van der Waals surface area contributed by atoms with E-state index in [4.69, 9.17) is 0 Å². The maximum absolute atomic E-state index is 12.8. The summed E-state index contributed by atoms with van der Waals surface area (Å²) in [6.07, 6.45) is -4.33. The smallest absolute Gasteiger partial charge is 0.352 e. The zero-order valence-corrected chi connectivity index (χ0v) is 16.4.